The predicted molar refractivity (Wildman–Crippen MR) is 97.8 cm³/mol. The summed E-state index contributed by atoms with van der Waals surface area (Å²) in [5, 5.41) is 28.3. The quantitative estimate of drug-likeness (QED) is 0.650. The van der Waals surface area contributed by atoms with E-state index in [-0.39, 0.29) is 13.2 Å². The number of aliphatic hydroxyl groups excluding tert-OH is 2. The fraction of sp³-hybridized carbons (Fsp3) is 0.300. The van der Waals surface area contributed by atoms with Crippen LogP contribution in [0.5, 0.6) is 5.75 Å². The van der Waals surface area contributed by atoms with E-state index >= 15 is 0 Å². The number of benzene rings is 2. The smallest absolute Gasteiger partial charge is 0.119 e. The highest BCUT2D eigenvalue weighted by atomic mass is 16.5. The molecule has 0 fully saturated rings. The van der Waals surface area contributed by atoms with Crippen LogP contribution < -0.4 is 4.74 Å². The minimum absolute atomic E-state index is 0.105. The largest absolute Gasteiger partial charge is 0.491 e. The number of hydrogen-bond donors (Lipinski definition) is 2. The van der Waals surface area contributed by atoms with Crippen molar-refractivity contribution >= 4 is 11.0 Å². The van der Waals surface area contributed by atoms with Crippen LogP contribution in [0.3, 0.4) is 0 Å². The van der Waals surface area contributed by atoms with Crippen molar-refractivity contribution in [2.24, 2.45) is 0 Å². The van der Waals surface area contributed by atoms with Gasteiger partial charge in [-0.15, -0.1) is 0 Å². The summed E-state index contributed by atoms with van der Waals surface area (Å²) >= 11 is 0. The lowest BCUT2D eigenvalue weighted by atomic mass is 10.2. The van der Waals surface area contributed by atoms with Crippen LogP contribution in [-0.2, 0) is 13.0 Å². The highest BCUT2D eigenvalue weighted by Gasteiger charge is 2.14. The Labute approximate surface area is 151 Å². The third kappa shape index (κ3) is 4.20. The molecule has 1 atom stereocenters. The minimum Gasteiger partial charge on any atom is -0.491 e. The van der Waals surface area contributed by atoms with E-state index in [0.717, 1.165) is 16.9 Å². The molecule has 6 nitrogen and oxygen atoms in total. The van der Waals surface area contributed by atoms with E-state index in [1.165, 1.54) is 0 Å². The van der Waals surface area contributed by atoms with Crippen molar-refractivity contribution in [2.45, 2.75) is 25.5 Å². The van der Waals surface area contributed by atoms with E-state index in [9.17, 15) is 5.11 Å². The molecular weight excluding hydrogens is 330 g/mol. The van der Waals surface area contributed by atoms with Crippen molar-refractivity contribution in [3.63, 3.8) is 0 Å². The summed E-state index contributed by atoms with van der Waals surface area (Å²) in [5.41, 5.74) is 2.40. The van der Waals surface area contributed by atoms with Gasteiger partial charge in [0.15, 0.2) is 0 Å². The van der Waals surface area contributed by atoms with Gasteiger partial charge in [-0.1, -0.05) is 12.1 Å². The van der Waals surface area contributed by atoms with E-state index < -0.39 is 6.10 Å². The first-order valence-electron chi connectivity index (χ1n) is 8.57. The fourth-order valence-electron chi connectivity index (χ4n) is 2.84. The third-order valence-corrected chi connectivity index (χ3v) is 4.11. The lowest BCUT2D eigenvalue weighted by Crippen LogP contribution is -2.24. The SMILES string of the molecule is N#Cc1ccc(OCC(O)Cn2c(CCCO)nc3ccccc32)cc1. The summed E-state index contributed by atoms with van der Waals surface area (Å²) in [6, 6.07) is 16.6. The van der Waals surface area contributed by atoms with E-state index in [0.29, 0.717) is 30.7 Å². The summed E-state index contributed by atoms with van der Waals surface area (Å²) in [6.45, 7) is 0.600. The maximum Gasteiger partial charge on any atom is 0.119 e. The molecule has 2 aromatic carbocycles. The molecule has 6 heteroatoms. The van der Waals surface area contributed by atoms with Gasteiger partial charge in [0.1, 0.15) is 24.3 Å². The van der Waals surface area contributed by atoms with Gasteiger partial charge in [-0.25, -0.2) is 4.98 Å². The Hall–Kier alpha value is -2.88. The van der Waals surface area contributed by atoms with Crippen LogP contribution in [-0.4, -0.2) is 39.1 Å². The zero-order valence-corrected chi connectivity index (χ0v) is 14.4. The van der Waals surface area contributed by atoms with Crippen molar-refractivity contribution in [1.82, 2.24) is 9.55 Å². The zero-order valence-electron chi connectivity index (χ0n) is 14.4. The second-order valence-electron chi connectivity index (χ2n) is 6.06. The first-order chi connectivity index (χ1) is 12.7. The van der Waals surface area contributed by atoms with Gasteiger partial charge in [0.05, 0.1) is 29.2 Å². The first-order valence-corrected chi connectivity index (χ1v) is 8.57. The number of nitrogens with zero attached hydrogens (tertiary/aromatic N) is 3. The van der Waals surface area contributed by atoms with Gasteiger partial charge >= 0.3 is 0 Å². The number of aliphatic hydroxyl groups is 2. The maximum absolute atomic E-state index is 10.4. The van der Waals surface area contributed by atoms with Crippen LogP contribution in [0.1, 0.15) is 17.8 Å². The first kappa shape index (κ1) is 17.9. The van der Waals surface area contributed by atoms with Gasteiger partial charge in [-0.2, -0.15) is 5.26 Å². The topological polar surface area (TPSA) is 91.3 Å². The van der Waals surface area contributed by atoms with E-state index in [2.05, 4.69) is 11.1 Å². The number of para-hydroxylation sites is 2. The van der Waals surface area contributed by atoms with Crippen LogP contribution in [0.2, 0.25) is 0 Å². The summed E-state index contributed by atoms with van der Waals surface area (Å²) < 4.78 is 7.60. The highest BCUT2D eigenvalue weighted by Crippen LogP contribution is 2.18. The molecule has 3 aromatic rings. The van der Waals surface area contributed by atoms with Gasteiger partial charge in [-0.3, -0.25) is 0 Å². The molecule has 0 bridgehead atoms. The van der Waals surface area contributed by atoms with Gasteiger partial charge in [-0.05, 0) is 42.8 Å². The molecule has 134 valence electrons. The molecular formula is C20H21N3O3. The second-order valence-corrected chi connectivity index (χ2v) is 6.06. The van der Waals surface area contributed by atoms with Crippen molar-refractivity contribution in [3.8, 4) is 11.8 Å². The van der Waals surface area contributed by atoms with Crippen LogP contribution in [0.4, 0.5) is 0 Å². The number of hydrogen-bond acceptors (Lipinski definition) is 5. The number of nitriles is 1. The lowest BCUT2D eigenvalue weighted by Gasteiger charge is -2.15. The number of imidazole rings is 1. The fourth-order valence-corrected chi connectivity index (χ4v) is 2.84. The second kappa shape index (κ2) is 8.48. The monoisotopic (exact) mass is 351 g/mol. The number of rotatable bonds is 8. The number of fused-ring (bicyclic) bond motifs is 1. The van der Waals surface area contributed by atoms with Crippen molar-refractivity contribution in [3.05, 3.63) is 59.9 Å². The molecule has 1 unspecified atom stereocenters. The highest BCUT2D eigenvalue weighted by molar-refractivity contribution is 5.75. The zero-order chi connectivity index (χ0) is 18.4. The Morgan fingerprint density at radius 1 is 1.15 bits per heavy atom. The molecule has 0 aliphatic carbocycles. The lowest BCUT2D eigenvalue weighted by molar-refractivity contribution is 0.0926. The predicted octanol–water partition coefficient (Wildman–Crippen LogP) is 2.27. The number of aryl methyl sites for hydroxylation is 1. The van der Waals surface area contributed by atoms with Crippen LogP contribution in [0.25, 0.3) is 11.0 Å². The van der Waals surface area contributed by atoms with E-state index in [1.54, 1.807) is 24.3 Å². The van der Waals surface area contributed by atoms with Gasteiger partial charge < -0.3 is 19.5 Å². The molecule has 0 radical (unpaired) electrons. The molecule has 2 N–H and O–H groups in total. The summed E-state index contributed by atoms with van der Waals surface area (Å²) in [7, 11) is 0. The summed E-state index contributed by atoms with van der Waals surface area (Å²) in [6.07, 6.45) is 0.561. The van der Waals surface area contributed by atoms with Crippen LogP contribution in [0, 0.1) is 11.3 Å². The average Bonchev–Trinajstić information content (AvgIpc) is 3.02. The number of aromatic nitrogens is 2. The summed E-state index contributed by atoms with van der Waals surface area (Å²) in [4.78, 5) is 4.61. The maximum atomic E-state index is 10.4. The van der Waals surface area contributed by atoms with Gasteiger partial charge in [0, 0.05) is 13.0 Å². The molecule has 0 aliphatic heterocycles. The Bertz CT molecular complexity index is 897. The molecule has 0 aliphatic rings. The van der Waals surface area contributed by atoms with Crippen LogP contribution >= 0.6 is 0 Å². The average molecular weight is 351 g/mol. The standard InChI is InChI=1S/C20H21N3O3/c21-12-15-7-9-17(10-8-15)26-14-16(25)13-23-19-5-2-1-4-18(19)22-20(23)6-3-11-24/h1-2,4-5,7-10,16,24-25H,3,6,11,13-14H2. The molecule has 3 rings (SSSR count). The molecule has 1 aromatic heterocycles. The Morgan fingerprint density at radius 2 is 1.92 bits per heavy atom. The normalized spacial score (nSPS) is 12.0. The molecule has 26 heavy (non-hydrogen) atoms. The van der Waals surface area contributed by atoms with Crippen LogP contribution in [0.15, 0.2) is 48.5 Å². The molecule has 0 amide bonds. The molecule has 1 heterocycles. The van der Waals surface area contributed by atoms with Gasteiger partial charge in [0.25, 0.3) is 0 Å². The van der Waals surface area contributed by atoms with Crippen molar-refractivity contribution in [2.75, 3.05) is 13.2 Å². The van der Waals surface area contributed by atoms with E-state index in [1.807, 2.05) is 28.8 Å². The minimum atomic E-state index is -0.712. The molecule has 0 spiro atoms. The Balaban J connectivity index is 1.69. The molecule has 0 saturated heterocycles. The van der Waals surface area contributed by atoms with Crippen molar-refractivity contribution < 1.29 is 14.9 Å². The summed E-state index contributed by atoms with van der Waals surface area (Å²) in [5.74, 6) is 1.46. The number of ether oxygens (including phenoxy) is 1. The molecule has 0 saturated carbocycles. The Morgan fingerprint density at radius 3 is 2.65 bits per heavy atom. The van der Waals surface area contributed by atoms with Gasteiger partial charge in [0.2, 0.25) is 0 Å². The third-order valence-electron chi connectivity index (χ3n) is 4.11. The van der Waals surface area contributed by atoms with E-state index in [4.69, 9.17) is 15.1 Å². The Kier molecular flexibility index (Phi) is 5.84. The van der Waals surface area contributed by atoms with Crippen molar-refractivity contribution in [1.29, 1.82) is 5.26 Å².